The lowest BCUT2D eigenvalue weighted by molar-refractivity contribution is 0.184. The van der Waals surface area contributed by atoms with E-state index in [1.54, 1.807) is 0 Å². The molecule has 14 heavy (non-hydrogen) atoms. The minimum Gasteiger partial charge on any atom is -0.0654 e. The van der Waals surface area contributed by atoms with Gasteiger partial charge in [0.05, 0.1) is 0 Å². The van der Waals surface area contributed by atoms with E-state index in [0.717, 1.165) is 23.7 Å². The van der Waals surface area contributed by atoms with Crippen LogP contribution in [0.25, 0.3) is 0 Å². The van der Waals surface area contributed by atoms with Crippen LogP contribution in [0.2, 0.25) is 0 Å². The van der Waals surface area contributed by atoms with Crippen molar-refractivity contribution in [2.24, 2.45) is 23.7 Å². The van der Waals surface area contributed by atoms with Crippen LogP contribution >= 0.6 is 0 Å². The first kappa shape index (κ1) is 14.0. The molecular formula is C14H30. The average molecular weight is 198 g/mol. The van der Waals surface area contributed by atoms with Crippen molar-refractivity contribution in [1.29, 1.82) is 0 Å². The lowest BCUT2D eigenvalue weighted by Gasteiger charge is -2.31. The van der Waals surface area contributed by atoms with Crippen molar-refractivity contribution in [3.05, 3.63) is 0 Å². The summed E-state index contributed by atoms with van der Waals surface area (Å²) in [6.07, 6.45) is 5.44. The van der Waals surface area contributed by atoms with E-state index >= 15 is 0 Å². The lowest BCUT2D eigenvalue weighted by atomic mass is 9.74. The largest absolute Gasteiger partial charge is 0.0654 e. The summed E-state index contributed by atoms with van der Waals surface area (Å²) in [6, 6.07) is 0. The topological polar surface area (TPSA) is 0 Å². The maximum atomic E-state index is 2.46. The van der Waals surface area contributed by atoms with Crippen LogP contribution in [-0.4, -0.2) is 0 Å². The monoisotopic (exact) mass is 198 g/mol. The summed E-state index contributed by atoms with van der Waals surface area (Å²) in [7, 11) is 0. The third-order valence-electron chi connectivity index (χ3n) is 4.30. The predicted molar refractivity (Wildman–Crippen MR) is 66.5 cm³/mol. The van der Waals surface area contributed by atoms with Crippen LogP contribution < -0.4 is 0 Å². The fourth-order valence-electron chi connectivity index (χ4n) is 2.53. The Labute approximate surface area is 91.5 Å². The van der Waals surface area contributed by atoms with Gasteiger partial charge in [0, 0.05) is 0 Å². The molecule has 86 valence electrons. The minimum absolute atomic E-state index is 0.885. The molecule has 0 saturated carbocycles. The van der Waals surface area contributed by atoms with Gasteiger partial charge in [-0.3, -0.25) is 0 Å². The molecule has 0 fully saturated rings. The third kappa shape index (κ3) is 4.02. The van der Waals surface area contributed by atoms with Gasteiger partial charge in [0.15, 0.2) is 0 Å². The van der Waals surface area contributed by atoms with Crippen molar-refractivity contribution in [2.45, 2.75) is 67.2 Å². The fraction of sp³-hybridized carbons (Fsp3) is 1.00. The number of hydrogen-bond acceptors (Lipinski definition) is 0. The van der Waals surface area contributed by atoms with Crippen molar-refractivity contribution < 1.29 is 0 Å². The number of hydrogen-bond donors (Lipinski definition) is 0. The van der Waals surface area contributed by atoms with E-state index in [4.69, 9.17) is 0 Å². The molecule has 0 saturated heterocycles. The van der Waals surface area contributed by atoms with E-state index < -0.39 is 0 Å². The molecule has 0 aliphatic rings. The third-order valence-corrected chi connectivity index (χ3v) is 4.30. The van der Waals surface area contributed by atoms with E-state index in [2.05, 4.69) is 41.5 Å². The first-order valence-corrected chi connectivity index (χ1v) is 6.58. The second kappa shape index (κ2) is 7.31. The Hall–Kier alpha value is 0. The zero-order valence-electron chi connectivity index (χ0n) is 11.1. The highest BCUT2D eigenvalue weighted by Gasteiger charge is 2.23. The van der Waals surface area contributed by atoms with Crippen molar-refractivity contribution in [2.75, 3.05) is 0 Å². The van der Waals surface area contributed by atoms with Crippen LogP contribution in [0, 0.1) is 23.7 Å². The maximum absolute atomic E-state index is 2.46. The lowest BCUT2D eigenvalue weighted by Crippen LogP contribution is -2.23. The molecule has 4 unspecified atom stereocenters. The summed E-state index contributed by atoms with van der Waals surface area (Å²) >= 11 is 0. The Morgan fingerprint density at radius 1 is 0.786 bits per heavy atom. The Morgan fingerprint density at radius 2 is 1.36 bits per heavy atom. The van der Waals surface area contributed by atoms with Gasteiger partial charge in [-0.15, -0.1) is 0 Å². The highest BCUT2D eigenvalue weighted by atomic mass is 14.3. The van der Waals surface area contributed by atoms with Crippen LogP contribution in [0.4, 0.5) is 0 Å². The molecule has 4 atom stereocenters. The molecule has 0 amide bonds. The van der Waals surface area contributed by atoms with Crippen LogP contribution in [0.15, 0.2) is 0 Å². The van der Waals surface area contributed by atoms with Gasteiger partial charge in [-0.1, -0.05) is 67.2 Å². The zero-order valence-corrected chi connectivity index (χ0v) is 11.1. The van der Waals surface area contributed by atoms with Crippen molar-refractivity contribution >= 4 is 0 Å². The second-order valence-electron chi connectivity index (χ2n) is 5.06. The highest BCUT2D eigenvalue weighted by molar-refractivity contribution is 4.73. The highest BCUT2D eigenvalue weighted by Crippen LogP contribution is 2.32. The SMILES string of the molecule is CCCC(CC)C(C)C(C)C(C)CC. The average Bonchev–Trinajstić information content (AvgIpc) is 2.22. The van der Waals surface area contributed by atoms with Gasteiger partial charge < -0.3 is 0 Å². The molecule has 0 rings (SSSR count). The predicted octanol–water partition coefficient (Wildman–Crippen LogP) is 5.13. The second-order valence-corrected chi connectivity index (χ2v) is 5.06. The van der Waals surface area contributed by atoms with Gasteiger partial charge in [0.1, 0.15) is 0 Å². The van der Waals surface area contributed by atoms with Crippen LogP contribution in [0.1, 0.15) is 67.2 Å². The molecule has 0 bridgehead atoms. The van der Waals surface area contributed by atoms with Gasteiger partial charge in [0.25, 0.3) is 0 Å². The van der Waals surface area contributed by atoms with E-state index in [-0.39, 0.29) is 0 Å². The summed E-state index contributed by atoms with van der Waals surface area (Å²) in [5.41, 5.74) is 0. The minimum atomic E-state index is 0.885. The molecule has 0 nitrogen and oxygen atoms in total. The summed E-state index contributed by atoms with van der Waals surface area (Å²) in [5, 5.41) is 0. The Morgan fingerprint density at radius 3 is 1.71 bits per heavy atom. The van der Waals surface area contributed by atoms with Gasteiger partial charge >= 0.3 is 0 Å². The molecule has 0 N–H and O–H groups in total. The van der Waals surface area contributed by atoms with Crippen molar-refractivity contribution in [3.8, 4) is 0 Å². The Kier molecular flexibility index (Phi) is 7.31. The van der Waals surface area contributed by atoms with E-state index in [0.29, 0.717) is 0 Å². The molecule has 0 aliphatic heterocycles. The first-order chi connectivity index (χ1) is 6.58. The fourth-order valence-corrected chi connectivity index (χ4v) is 2.53. The van der Waals surface area contributed by atoms with Crippen LogP contribution in [0.3, 0.4) is 0 Å². The zero-order chi connectivity index (χ0) is 11.1. The van der Waals surface area contributed by atoms with E-state index in [1.165, 1.54) is 25.7 Å². The molecule has 0 aliphatic carbocycles. The van der Waals surface area contributed by atoms with E-state index in [9.17, 15) is 0 Å². The van der Waals surface area contributed by atoms with E-state index in [1.807, 2.05) is 0 Å². The smallest absolute Gasteiger partial charge is 0.0386 e. The first-order valence-electron chi connectivity index (χ1n) is 6.58. The van der Waals surface area contributed by atoms with Crippen molar-refractivity contribution in [3.63, 3.8) is 0 Å². The van der Waals surface area contributed by atoms with Crippen molar-refractivity contribution in [1.82, 2.24) is 0 Å². The molecule has 0 aromatic carbocycles. The molecular weight excluding hydrogens is 168 g/mol. The van der Waals surface area contributed by atoms with Gasteiger partial charge in [-0.25, -0.2) is 0 Å². The maximum Gasteiger partial charge on any atom is -0.0386 e. The Bertz CT molecular complexity index is 126. The molecule has 0 radical (unpaired) electrons. The summed E-state index contributed by atoms with van der Waals surface area (Å²) < 4.78 is 0. The standard InChI is InChI=1S/C14H30/c1-7-10-14(9-3)13(6)12(5)11(4)8-2/h11-14H,7-10H2,1-6H3. The molecule has 0 aromatic rings. The van der Waals surface area contributed by atoms with Gasteiger partial charge in [-0.2, -0.15) is 0 Å². The molecule has 0 heteroatoms. The van der Waals surface area contributed by atoms with Gasteiger partial charge in [-0.05, 0) is 23.7 Å². The van der Waals surface area contributed by atoms with Gasteiger partial charge in [0.2, 0.25) is 0 Å². The Balaban J connectivity index is 4.17. The van der Waals surface area contributed by atoms with Crippen LogP contribution in [0.5, 0.6) is 0 Å². The summed E-state index contributed by atoms with van der Waals surface area (Å²) in [5.74, 6) is 3.62. The quantitative estimate of drug-likeness (QED) is 0.532. The normalized spacial score (nSPS) is 20.1. The molecule has 0 heterocycles. The van der Waals surface area contributed by atoms with Crippen LogP contribution in [-0.2, 0) is 0 Å². The molecule has 0 spiro atoms. The summed E-state index contributed by atoms with van der Waals surface area (Å²) in [6.45, 7) is 14.3. The molecule has 0 aromatic heterocycles. The number of rotatable bonds is 7. The summed E-state index contributed by atoms with van der Waals surface area (Å²) in [4.78, 5) is 0.